The minimum absolute atomic E-state index is 0.149. The average Bonchev–Trinajstić information content (AvgIpc) is 2.58. The number of amides is 2. The number of hydrogen-bond acceptors (Lipinski definition) is 4. The molecule has 7 heteroatoms. The van der Waals surface area contributed by atoms with E-state index in [-0.39, 0.29) is 11.8 Å². The largest absolute Gasteiger partial charge is 0.492 e. The third kappa shape index (κ3) is 2.71. The number of aryl methyl sites for hydroxylation is 1. The van der Waals surface area contributed by atoms with E-state index in [1.54, 1.807) is 25.4 Å². The zero-order valence-corrected chi connectivity index (χ0v) is 9.08. The number of nitrogens with one attached hydrogen (secondary N) is 2. The van der Waals surface area contributed by atoms with E-state index < -0.39 is 6.03 Å². The van der Waals surface area contributed by atoms with E-state index in [4.69, 9.17) is 5.11 Å². The van der Waals surface area contributed by atoms with Crippen molar-refractivity contribution < 1.29 is 9.90 Å². The lowest BCUT2D eigenvalue weighted by molar-refractivity contribution is 0.262. The molecule has 0 aliphatic carbocycles. The molecule has 0 aromatic carbocycles. The summed E-state index contributed by atoms with van der Waals surface area (Å²) in [5.41, 5.74) is 0.573. The van der Waals surface area contributed by atoms with Crippen molar-refractivity contribution in [1.29, 1.82) is 0 Å². The molecule has 2 rings (SSSR count). The van der Waals surface area contributed by atoms with Crippen molar-refractivity contribution in [3.05, 3.63) is 30.7 Å². The van der Waals surface area contributed by atoms with Crippen LogP contribution in [0.1, 0.15) is 0 Å². The molecule has 0 unspecified atom stereocenters. The standard InChI is InChI=1S/C10H11N5O2/c1-15-6-8(16)13-9(15)14-10(17)12-7-3-2-4-11-5-7/h2-6,16H,1H3,(H2,12,13,14,17). The van der Waals surface area contributed by atoms with E-state index in [0.29, 0.717) is 5.69 Å². The van der Waals surface area contributed by atoms with Crippen LogP contribution in [0.15, 0.2) is 30.7 Å². The summed E-state index contributed by atoms with van der Waals surface area (Å²) in [6, 6.07) is 2.97. The maximum absolute atomic E-state index is 11.6. The Morgan fingerprint density at radius 2 is 2.29 bits per heavy atom. The van der Waals surface area contributed by atoms with Gasteiger partial charge in [0, 0.05) is 13.2 Å². The maximum atomic E-state index is 11.6. The highest BCUT2D eigenvalue weighted by molar-refractivity contribution is 5.98. The van der Waals surface area contributed by atoms with E-state index in [2.05, 4.69) is 20.6 Å². The molecule has 0 atom stereocenters. The van der Waals surface area contributed by atoms with Crippen LogP contribution in [0.2, 0.25) is 0 Å². The van der Waals surface area contributed by atoms with E-state index in [0.717, 1.165) is 0 Å². The van der Waals surface area contributed by atoms with Gasteiger partial charge in [0.2, 0.25) is 11.8 Å². The van der Waals surface area contributed by atoms with Crippen molar-refractivity contribution in [2.75, 3.05) is 10.6 Å². The number of rotatable bonds is 2. The maximum Gasteiger partial charge on any atom is 0.326 e. The highest BCUT2D eigenvalue weighted by Crippen LogP contribution is 2.12. The van der Waals surface area contributed by atoms with Gasteiger partial charge in [-0.1, -0.05) is 0 Å². The molecule has 88 valence electrons. The fourth-order valence-electron chi connectivity index (χ4n) is 1.27. The van der Waals surface area contributed by atoms with Crippen LogP contribution in [0.5, 0.6) is 5.88 Å². The van der Waals surface area contributed by atoms with Crippen LogP contribution in [-0.4, -0.2) is 25.7 Å². The first kappa shape index (κ1) is 10.9. The molecule has 17 heavy (non-hydrogen) atoms. The lowest BCUT2D eigenvalue weighted by Gasteiger charge is -2.06. The fraction of sp³-hybridized carbons (Fsp3) is 0.100. The number of carbonyl (C=O) groups is 1. The Morgan fingerprint density at radius 1 is 1.47 bits per heavy atom. The first-order chi connectivity index (χ1) is 8.15. The molecule has 2 aromatic rings. The van der Waals surface area contributed by atoms with Gasteiger partial charge in [-0.3, -0.25) is 10.3 Å². The lowest BCUT2D eigenvalue weighted by Crippen LogP contribution is -2.21. The van der Waals surface area contributed by atoms with Crippen LogP contribution in [0.3, 0.4) is 0 Å². The van der Waals surface area contributed by atoms with Gasteiger partial charge < -0.3 is 15.0 Å². The number of anilines is 2. The Labute approximate surface area is 97.1 Å². The van der Waals surface area contributed by atoms with E-state index in [1.165, 1.54) is 17.0 Å². The molecule has 7 nitrogen and oxygen atoms in total. The molecule has 2 heterocycles. The third-order valence-electron chi connectivity index (χ3n) is 2.01. The number of imidazole rings is 1. The molecular formula is C10H11N5O2. The minimum Gasteiger partial charge on any atom is -0.492 e. The second-order valence-corrected chi connectivity index (χ2v) is 3.35. The molecule has 2 amide bonds. The summed E-state index contributed by atoms with van der Waals surface area (Å²) in [7, 11) is 1.66. The molecule has 2 aromatic heterocycles. The van der Waals surface area contributed by atoms with Gasteiger partial charge >= 0.3 is 6.03 Å². The highest BCUT2D eigenvalue weighted by Gasteiger charge is 2.08. The van der Waals surface area contributed by atoms with Gasteiger partial charge in [-0.05, 0) is 12.1 Å². The topological polar surface area (TPSA) is 92.1 Å². The van der Waals surface area contributed by atoms with Crippen molar-refractivity contribution in [2.24, 2.45) is 7.05 Å². The van der Waals surface area contributed by atoms with Crippen molar-refractivity contribution in [1.82, 2.24) is 14.5 Å². The smallest absolute Gasteiger partial charge is 0.326 e. The summed E-state index contributed by atoms with van der Waals surface area (Å²) < 4.78 is 1.50. The quantitative estimate of drug-likeness (QED) is 0.725. The molecule has 0 aliphatic rings. The van der Waals surface area contributed by atoms with E-state index >= 15 is 0 Å². The number of carbonyl (C=O) groups excluding carboxylic acids is 1. The van der Waals surface area contributed by atoms with Crippen LogP contribution < -0.4 is 10.6 Å². The molecule has 0 saturated carbocycles. The zero-order valence-electron chi connectivity index (χ0n) is 9.08. The summed E-state index contributed by atoms with van der Waals surface area (Å²) in [5.74, 6) is 0.105. The first-order valence-electron chi connectivity index (χ1n) is 4.85. The summed E-state index contributed by atoms with van der Waals surface area (Å²) in [6.45, 7) is 0. The Kier molecular flexibility index (Phi) is 2.91. The molecular weight excluding hydrogens is 222 g/mol. The number of hydrogen-bond donors (Lipinski definition) is 3. The van der Waals surface area contributed by atoms with Crippen LogP contribution >= 0.6 is 0 Å². The molecule has 0 aliphatic heterocycles. The minimum atomic E-state index is -0.452. The Hall–Kier alpha value is -2.57. The molecule has 0 fully saturated rings. The second kappa shape index (κ2) is 4.52. The number of urea groups is 1. The van der Waals surface area contributed by atoms with Gasteiger partial charge in [0.1, 0.15) is 0 Å². The van der Waals surface area contributed by atoms with Crippen molar-refractivity contribution in [3.63, 3.8) is 0 Å². The molecule has 0 saturated heterocycles. The third-order valence-corrected chi connectivity index (χ3v) is 2.01. The summed E-state index contributed by atoms with van der Waals surface area (Å²) in [4.78, 5) is 19.1. The SMILES string of the molecule is Cn1cc(O)nc1NC(=O)Nc1cccnc1. The molecule has 0 spiro atoms. The lowest BCUT2D eigenvalue weighted by atomic mass is 10.4. The summed E-state index contributed by atoms with van der Waals surface area (Å²) >= 11 is 0. The highest BCUT2D eigenvalue weighted by atomic mass is 16.3. The Bertz CT molecular complexity index is 523. The van der Waals surface area contributed by atoms with Crippen molar-refractivity contribution in [3.8, 4) is 5.88 Å². The number of nitrogens with zero attached hydrogens (tertiary/aromatic N) is 3. The van der Waals surface area contributed by atoms with Gasteiger partial charge in [0.25, 0.3) is 0 Å². The number of aromatic hydroxyl groups is 1. The molecule has 3 N–H and O–H groups in total. The number of pyridine rings is 1. The van der Waals surface area contributed by atoms with E-state index in [9.17, 15) is 4.79 Å². The first-order valence-corrected chi connectivity index (χ1v) is 4.85. The van der Waals surface area contributed by atoms with Gasteiger partial charge in [0.05, 0.1) is 18.1 Å². The number of aromatic nitrogens is 3. The second-order valence-electron chi connectivity index (χ2n) is 3.35. The fourth-order valence-corrected chi connectivity index (χ4v) is 1.27. The van der Waals surface area contributed by atoms with Crippen LogP contribution in [0.25, 0.3) is 0 Å². The molecule has 0 bridgehead atoms. The summed E-state index contributed by atoms with van der Waals surface area (Å²) in [5, 5.41) is 14.2. The predicted molar refractivity (Wildman–Crippen MR) is 61.8 cm³/mol. The van der Waals surface area contributed by atoms with Gasteiger partial charge in [-0.2, -0.15) is 4.98 Å². The molecule has 0 radical (unpaired) electrons. The van der Waals surface area contributed by atoms with Crippen LogP contribution in [0.4, 0.5) is 16.4 Å². The van der Waals surface area contributed by atoms with Gasteiger partial charge in [-0.15, -0.1) is 0 Å². The van der Waals surface area contributed by atoms with E-state index in [1.807, 2.05) is 0 Å². The zero-order chi connectivity index (χ0) is 12.3. The monoisotopic (exact) mass is 233 g/mol. The van der Waals surface area contributed by atoms with Gasteiger partial charge in [-0.25, -0.2) is 4.79 Å². The normalized spacial score (nSPS) is 9.94. The van der Waals surface area contributed by atoms with Gasteiger partial charge in [0.15, 0.2) is 0 Å². The van der Waals surface area contributed by atoms with Crippen molar-refractivity contribution in [2.45, 2.75) is 0 Å². The average molecular weight is 233 g/mol. The predicted octanol–water partition coefficient (Wildman–Crippen LogP) is 1.16. The van der Waals surface area contributed by atoms with Crippen LogP contribution in [-0.2, 0) is 7.05 Å². The Morgan fingerprint density at radius 3 is 2.88 bits per heavy atom. The summed E-state index contributed by atoms with van der Waals surface area (Å²) in [6.07, 6.45) is 4.52. The Balaban J connectivity index is 2.01. The van der Waals surface area contributed by atoms with Crippen LogP contribution in [0, 0.1) is 0 Å². The van der Waals surface area contributed by atoms with Crippen molar-refractivity contribution >= 4 is 17.7 Å².